The van der Waals surface area contributed by atoms with Crippen molar-refractivity contribution in [3.8, 4) is 5.75 Å². The third-order valence-electron chi connectivity index (χ3n) is 6.70. The van der Waals surface area contributed by atoms with E-state index in [1.165, 1.54) is 13.8 Å². The average Bonchev–Trinajstić information content (AvgIpc) is 2.96. The summed E-state index contributed by atoms with van der Waals surface area (Å²) < 4.78 is 10.8. The molecule has 1 aromatic rings. The molecule has 2 atom stereocenters. The normalized spacial score (nSPS) is 11.7. The van der Waals surface area contributed by atoms with Crippen molar-refractivity contribution in [3.05, 3.63) is 36.4 Å². The first kappa shape index (κ1) is 43.3. The summed E-state index contributed by atoms with van der Waals surface area (Å²) in [7, 11) is 3.49. The van der Waals surface area contributed by atoms with Crippen LogP contribution in [0.25, 0.3) is 0 Å². The van der Waals surface area contributed by atoms with E-state index in [1.54, 1.807) is 25.1 Å². The van der Waals surface area contributed by atoms with Gasteiger partial charge in [-0.2, -0.15) is 0 Å². The molecule has 0 spiro atoms. The Kier molecular flexibility index (Phi) is 26.7. The maximum absolute atomic E-state index is 11.9. The fourth-order valence-electron chi connectivity index (χ4n) is 4.00. The fraction of sp³-hybridized carbons (Fsp3) is 0.625. The third kappa shape index (κ3) is 19.9. The molecular weight excluding hydrogens is 627 g/mol. The molecule has 11 heteroatoms. The first-order valence-corrected chi connectivity index (χ1v) is 14.9. The minimum absolute atomic E-state index is 0. The number of nitrogens with one attached hydrogen (secondary N) is 3. The van der Waals surface area contributed by atoms with E-state index in [1.807, 2.05) is 13.8 Å². The van der Waals surface area contributed by atoms with E-state index in [9.17, 15) is 24.0 Å². The number of hydrogen-bond donors (Lipinski definition) is 3. The first-order chi connectivity index (χ1) is 20.0. The Labute approximate surface area is 283 Å². The van der Waals surface area contributed by atoms with Gasteiger partial charge in [-0.25, -0.2) is 0 Å². The van der Waals surface area contributed by atoms with Gasteiger partial charge in [0.25, 0.3) is 5.91 Å². The topological polar surface area (TPSA) is 140 Å². The standard InChI is InChI=1S/C19H28N3O5.C13H24O2.Y/c1-14(23)16-5-4-6-17(19(16)15(2)24)27-13-18(25)22-8-7-21-10-12-26-11-9-20-3;1-5-7-12(11(4)14)8-9-13(15)10(3)6-2;/h4-6,20-21H,3,7-13H2,1-2H3,(H,22,25);10,12H,5-9H2,1-4H3;/q-1;;. The van der Waals surface area contributed by atoms with Crippen molar-refractivity contribution in [1.29, 1.82) is 0 Å². The van der Waals surface area contributed by atoms with Gasteiger partial charge in [-0.15, -0.1) is 0 Å². The predicted molar refractivity (Wildman–Crippen MR) is 165 cm³/mol. The molecule has 0 aliphatic rings. The molecule has 0 saturated carbocycles. The molecule has 0 aromatic heterocycles. The number of hydrogen-bond acceptors (Lipinski definition) is 9. The fourth-order valence-corrected chi connectivity index (χ4v) is 4.00. The van der Waals surface area contributed by atoms with Crippen LogP contribution in [0.5, 0.6) is 5.75 Å². The molecule has 1 aromatic carbocycles. The molecular formula is C32H52N3O7Y-. The van der Waals surface area contributed by atoms with Crippen molar-refractivity contribution in [2.45, 2.75) is 73.6 Å². The molecule has 10 nitrogen and oxygen atoms in total. The number of ketones is 4. The van der Waals surface area contributed by atoms with Gasteiger partial charge in [0.2, 0.25) is 0 Å². The Morgan fingerprint density at radius 3 is 2.14 bits per heavy atom. The largest absolute Gasteiger partial charge is 0.483 e. The molecule has 3 N–H and O–H groups in total. The number of carbonyl (C=O) groups is 5. The van der Waals surface area contributed by atoms with Crippen LogP contribution in [0.4, 0.5) is 0 Å². The van der Waals surface area contributed by atoms with Gasteiger partial charge < -0.3 is 25.4 Å². The quantitative estimate of drug-likeness (QED) is 0.0945. The maximum atomic E-state index is 11.9. The van der Waals surface area contributed by atoms with Gasteiger partial charge in [0.1, 0.15) is 17.3 Å². The van der Waals surface area contributed by atoms with Gasteiger partial charge >= 0.3 is 0 Å². The van der Waals surface area contributed by atoms with Crippen LogP contribution in [-0.4, -0.2) is 75.0 Å². The molecule has 0 aliphatic carbocycles. The van der Waals surface area contributed by atoms with Gasteiger partial charge in [-0.1, -0.05) is 39.3 Å². The molecule has 241 valence electrons. The Morgan fingerprint density at radius 1 is 0.907 bits per heavy atom. The SMILES string of the molecule is CCCC(CCC(=O)C(C)CC)C(C)=O.[CH2-]NCCOCCNCCNC(=O)COc1cccc(C(C)=O)c1C(C)=O.[Y]. The van der Waals surface area contributed by atoms with Crippen LogP contribution in [0.15, 0.2) is 18.2 Å². The van der Waals surface area contributed by atoms with Crippen LogP contribution in [0.2, 0.25) is 0 Å². The Hall–Kier alpha value is -1.85. The van der Waals surface area contributed by atoms with Crippen molar-refractivity contribution in [2.24, 2.45) is 11.8 Å². The van der Waals surface area contributed by atoms with Crippen LogP contribution in [0.1, 0.15) is 94.4 Å². The van der Waals surface area contributed by atoms with E-state index in [0.717, 1.165) is 25.7 Å². The van der Waals surface area contributed by atoms with Crippen LogP contribution in [-0.2, 0) is 51.8 Å². The first-order valence-electron chi connectivity index (χ1n) is 14.9. The van der Waals surface area contributed by atoms with Gasteiger partial charge in [0, 0.05) is 76.2 Å². The summed E-state index contributed by atoms with van der Waals surface area (Å²) in [4.78, 5) is 58.2. The number of amides is 1. The van der Waals surface area contributed by atoms with Gasteiger partial charge in [0.05, 0.1) is 18.8 Å². The Morgan fingerprint density at radius 2 is 1.58 bits per heavy atom. The average molecular weight is 680 g/mol. The van der Waals surface area contributed by atoms with Crippen molar-refractivity contribution in [2.75, 3.05) is 46.0 Å². The van der Waals surface area contributed by atoms with E-state index in [4.69, 9.17) is 9.47 Å². The third-order valence-corrected chi connectivity index (χ3v) is 6.70. The van der Waals surface area contributed by atoms with E-state index >= 15 is 0 Å². The molecule has 0 fully saturated rings. The summed E-state index contributed by atoms with van der Waals surface area (Å²) >= 11 is 0. The monoisotopic (exact) mass is 679 g/mol. The molecule has 1 rings (SSSR count). The van der Waals surface area contributed by atoms with E-state index in [0.29, 0.717) is 51.6 Å². The number of Topliss-reactive ketones (excluding diaryl/α,β-unsaturated/α-hetero) is 4. The number of carbonyl (C=O) groups excluding carboxylic acids is 5. The van der Waals surface area contributed by atoms with Crippen LogP contribution >= 0.6 is 0 Å². The van der Waals surface area contributed by atoms with Gasteiger partial charge in [0.15, 0.2) is 18.2 Å². The summed E-state index contributed by atoms with van der Waals surface area (Å²) in [6.45, 7) is 13.8. The summed E-state index contributed by atoms with van der Waals surface area (Å²) in [5, 5.41) is 8.59. The van der Waals surface area contributed by atoms with Crippen molar-refractivity contribution < 1.29 is 66.2 Å². The van der Waals surface area contributed by atoms with Crippen LogP contribution in [0.3, 0.4) is 0 Å². The predicted octanol–water partition coefficient (Wildman–Crippen LogP) is 3.96. The minimum atomic E-state index is -0.308. The van der Waals surface area contributed by atoms with Crippen molar-refractivity contribution in [3.63, 3.8) is 0 Å². The minimum Gasteiger partial charge on any atom is -0.483 e. The Bertz CT molecular complexity index is 988. The summed E-state index contributed by atoms with van der Waals surface area (Å²) in [6, 6.07) is 4.76. The zero-order valence-electron chi connectivity index (χ0n) is 27.0. The van der Waals surface area contributed by atoms with Crippen molar-refractivity contribution in [1.82, 2.24) is 16.0 Å². The number of rotatable bonds is 22. The van der Waals surface area contributed by atoms with Gasteiger partial charge in [-0.05, 0) is 52.6 Å². The molecule has 1 radical (unpaired) electrons. The second-order valence-corrected chi connectivity index (χ2v) is 10.2. The van der Waals surface area contributed by atoms with Gasteiger partial charge in [-0.3, -0.25) is 31.0 Å². The summed E-state index contributed by atoms with van der Waals surface area (Å²) in [5.74, 6) is 0.201. The van der Waals surface area contributed by atoms with Crippen molar-refractivity contribution >= 4 is 29.0 Å². The smallest absolute Gasteiger partial charge is 0.257 e. The summed E-state index contributed by atoms with van der Waals surface area (Å²) in [5.41, 5.74) is 0.492. The zero-order chi connectivity index (χ0) is 31.9. The second-order valence-electron chi connectivity index (χ2n) is 10.2. The molecule has 0 bridgehead atoms. The Balaban J connectivity index is 0. The van der Waals surface area contributed by atoms with E-state index < -0.39 is 0 Å². The van der Waals surface area contributed by atoms with E-state index in [2.05, 4.69) is 29.9 Å². The number of benzene rings is 1. The van der Waals surface area contributed by atoms with Crippen LogP contribution in [0, 0.1) is 18.9 Å². The molecule has 0 aliphatic heterocycles. The second kappa shape index (κ2) is 26.5. The zero-order valence-corrected chi connectivity index (χ0v) is 29.9. The molecule has 0 saturated heterocycles. The summed E-state index contributed by atoms with van der Waals surface area (Å²) in [6.07, 6.45) is 4.15. The maximum Gasteiger partial charge on any atom is 0.257 e. The van der Waals surface area contributed by atoms with E-state index in [-0.39, 0.29) is 91.3 Å². The molecule has 1 amide bonds. The number of ether oxygens (including phenoxy) is 2. The molecule has 2 unspecified atom stereocenters. The molecule has 0 heterocycles. The molecule has 43 heavy (non-hydrogen) atoms. The van der Waals surface area contributed by atoms with Crippen LogP contribution < -0.4 is 20.7 Å².